The standard InChI is InChI=1S/C13H15F3N2O3S/c14-13(15,16)22(20,21)11-6-2-1-5-10(11)18-7-3-4-9(8-18)12(17)19/h1-2,5-6,9H,3-4,7-8H2,(H2,17,19)/t9-/m0/s1. The van der Waals surface area contributed by atoms with E-state index in [4.69, 9.17) is 5.73 Å². The van der Waals surface area contributed by atoms with Crippen LogP contribution in [0.1, 0.15) is 12.8 Å². The van der Waals surface area contributed by atoms with Crippen molar-refractivity contribution < 1.29 is 26.4 Å². The van der Waals surface area contributed by atoms with Crippen molar-refractivity contribution in [2.45, 2.75) is 23.2 Å². The van der Waals surface area contributed by atoms with Gasteiger partial charge < -0.3 is 10.6 Å². The molecule has 0 spiro atoms. The van der Waals surface area contributed by atoms with E-state index in [1.165, 1.54) is 23.1 Å². The van der Waals surface area contributed by atoms with Crippen molar-refractivity contribution in [3.63, 3.8) is 0 Å². The number of piperidine rings is 1. The van der Waals surface area contributed by atoms with Crippen molar-refractivity contribution in [1.29, 1.82) is 0 Å². The van der Waals surface area contributed by atoms with Crippen LogP contribution in [-0.4, -0.2) is 32.9 Å². The Bertz CT molecular complexity index is 673. The Morgan fingerprint density at radius 3 is 2.50 bits per heavy atom. The van der Waals surface area contributed by atoms with Gasteiger partial charge in [-0.3, -0.25) is 4.79 Å². The maximum atomic E-state index is 12.8. The number of carbonyl (C=O) groups is 1. The molecule has 0 aliphatic carbocycles. The van der Waals surface area contributed by atoms with E-state index in [1.54, 1.807) is 0 Å². The number of amides is 1. The number of anilines is 1. The largest absolute Gasteiger partial charge is 0.501 e. The highest BCUT2D eigenvalue weighted by Gasteiger charge is 2.48. The van der Waals surface area contributed by atoms with Crippen molar-refractivity contribution in [2.24, 2.45) is 11.7 Å². The second-order valence-electron chi connectivity index (χ2n) is 5.10. The molecule has 22 heavy (non-hydrogen) atoms. The number of rotatable bonds is 3. The van der Waals surface area contributed by atoms with Crippen LogP contribution in [0.15, 0.2) is 29.2 Å². The van der Waals surface area contributed by atoms with Crippen LogP contribution in [0.2, 0.25) is 0 Å². The van der Waals surface area contributed by atoms with Crippen LogP contribution in [-0.2, 0) is 14.6 Å². The van der Waals surface area contributed by atoms with Crippen LogP contribution in [0.5, 0.6) is 0 Å². The molecular formula is C13H15F3N2O3S. The topological polar surface area (TPSA) is 80.5 Å². The first-order valence-corrected chi connectivity index (χ1v) is 8.07. The third-order valence-electron chi connectivity index (χ3n) is 3.62. The van der Waals surface area contributed by atoms with E-state index in [1.807, 2.05) is 0 Å². The third-order valence-corrected chi connectivity index (χ3v) is 5.16. The average molecular weight is 336 g/mol. The average Bonchev–Trinajstić information content (AvgIpc) is 2.46. The molecule has 1 aliphatic rings. The van der Waals surface area contributed by atoms with Crippen molar-refractivity contribution in [1.82, 2.24) is 0 Å². The van der Waals surface area contributed by atoms with Gasteiger partial charge in [0.1, 0.15) is 0 Å². The first-order valence-electron chi connectivity index (χ1n) is 6.59. The predicted octanol–water partition coefficient (Wildman–Crippen LogP) is 1.68. The molecule has 122 valence electrons. The summed E-state index contributed by atoms with van der Waals surface area (Å²) < 4.78 is 61.8. The van der Waals surface area contributed by atoms with Crippen LogP contribution in [0.25, 0.3) is 0 Å². The maximum Gasteiger partial charge on any atom is 0.501 e. The van der Waals surface area contributed by atoms with Gasteiger partial charge in [0.05, 0.1) is 16.5 Å². The molecule has 2 N–H and O–H groups in total. The molecule has 1 amide bonds. The Kier molecular flexibility index (Phi) is 4.37. The van der Waals surface area contributed by atoms with Crippen LogP contribution >= 0.6 is 0 Å². The van der Waals surface area contributed by atoms with Gasteiger partial charge in [0.15, 0.2) is 0 Å². The van der Waals surface area contributed by atoms with Crippen molar-refractivity contribution in [2.75, 3.05) is 18.0 Å². The molecule has 9 heteroatoms. The number of carbonyl (C=O) groups excluding carboxylic acids is 1. The van der Waals surface area contributed by atoms with Gasteiger partial charge in [-0.25, -0.2) is 8.42 Å². The van der Waals surface area contributed by atoms with E-state index in [9.17, 15) is 26.4 Å². The first kappa shape index (κ1) is 16.6. The summed E-state index contributed by atoms with van der Waals surface area (Å²) in [6, 6.07) is 4.92. The summed E-state index contributed by atoms with van der Waals surface area (Å²) in [6.45, 7) is 0.480. The summed E-state index contributed by atoms with van der Waals surface area (Å²) in [5.74, 6) is -1.05. The molecule has 1 heterocycles. The minimum atomic E-state index is -5.45. The second kappa shape index (κ2) is 5.79. The molecule has 1 saturated heterocycles. The minimum Gasteiger partial charge on any atom is -0.370 e. The van der Waals surface area contributed by atoms with Crippen LogP contribution < -0.4 is 10.6 Å². The number of para-hydroxylation sites is 1. The number of hydrogen-bond acceptors (Lipinski definition) is 4. The smallest absolute Gasteiger partial charge is 0.370 e. The summed E-state index contributed by atoms with van der Waals surface area (Å²) in [5, 5.41) is 0. The molecule has 5 nitrogen and oxygen atoms in total. The minimum absolute atomic E-state index is 0.0502. The van der Waals surface area contributed by atoms with Crippen molar-refractivity contribution in [3.8, 4) is 0 Å². The van der Waals surface area contributed by atoms with Crippen molar-refractivity contribution in [3.05, 3.63) is 24.3 Å². The molecule has 0 radical (unpaired) electrons. The van der Waals surface area contributed by atoms with E-state index < -0.39 is 32.1 Å². The van der Waals surface area contributed by atoms with E-state index in [0.29, 0.717) is 19.4 Å². The van der Waals surface area contributed by atoms with Gasteiger partial charge in [-0.15, -0.1) is 0 Å². The second-order valence-corrected chi connectivity index (χ2v) is 7.01. The zero-order valence-electron chi connectivity index (χ0n) is 11.5. The molecule has 1 atom stereocenters. The molecule has 0 bridgehead atoms. The normalized spacial score (nSPS) is 20.0. The highest BCUT2D eigenvalue weighted by atomic mass is 32.2. The summed E-state index contributed by atoms with van der Waals surface area (Å²) in [4.78, 5) is 11.9. The molecule has 1 aromatic carbocycles. The van der Waals surface area contributed by atoms with Gasteiger partial charge in [-0.1, -0.05) is 12.1 Å². The first-order chi connectivity index (χ1) is 10.1. The number of alkyl halides is 3. The van der Waals surface area contributed by atoms with Gasteiger partial charge in [0, 0.05) is 13.1 Å². The van der Waals surface area contributed by atoms with Crippen LogP contribution in [0, 0.1) is 5.92 Å². The number of hydrogen-bond donors (Lipinski definition) is 1. The lowest BCUT2D eigenvalue weighted by Gasteiger charge is -2.34. The number of sulfone groups is 1. The highest BCUT2D eigenvalue weighted by Crippen LogP contribution is 2.36. The summed E-state index contributed by atoms with van der Waals surface area (Å²) in [7, 11) is -5.45. The predicted molar refractivity (Wildman–Crippen MR) is 73.8 cm³/mol. The molecule has 2 rings (SSSR count). The van der Waals surface area contributed by atoms with Crippen LogP contribution in [0.4, 0.5) is 18.9 Å². The van der Waals surface area contributed by atoms with E-state index >= 15 is 0 Å². The van der Waals surface area contributed by atoms with Gasteiger partial charge in [-0.05, 0) is 25.0 Å². The molecule has 1 aromatic rings. The molecule has 0 aromatic heterocycles. The van der Waals surface area contributed by atoms with E-state index in [-0.39, 0.29) is 12.2 Å². The van der Waals surface area contributed by atoms with E-state index in [2.05, 4.69) is 0 Å². The third kappa shape index (κ3) is 3.03. The summed E-state index contributed by atoms with van der Waals surface area (Å²) in [6.07, 6.45) is 1.09. The Labute approximate surface area is 125 Å². The Balaban J connectivity index is 2.43. The van der Waals surface area contributed by atoms with Crippen molar-refractivity contribution >= 4 is 21.4 Å². The lowest BCUT2D eigenvalue weighted by molar-refractivity contribution is -0.122. The fraction of sp³-hybridized carbons (Fsp3) is 0.462. The fourth-order valence-electron chi connectivity index (χ4n) is 2.50. The van der Waals surface area contributed by atoms with E-state index in [0.717, 1.165) is 6.07 Å². The molecule has 0 unspecified atom stereocenters. The van der Waals surface area contributed by atoms with Crippen LogP contribution in [0.3, 0.4) is 0 Å². The number of nitrogens with zero attached hydrogens (tertiary/aromatic N) is 1. The Morgan fingerprint density at radius 1 is 1.27 bits per heavy atom. The lowest BCUT2D eigenvalue weighted by atomic mass is 9.97. The zero-order chi connectivity index (χ0) is 16.5. The molecule has 1 fully saturated rings. The number of nitrogens with two attached hydrogens (primary N) is 1. The molecular weight excluding hydrogens is 321 g/mol. The fourth-order valence-corrected chi connectivity index (χ4v) is 3.48. The number of benzene rings is 1. The summed E-state index contributed by atoms with van der Waals surface area (Å²) in [5.41, 5.74) is -0.187. The van der Waals surface area contributed by atoms with Gasteiger partial charge in [0.2, 0.25) is 5.91 Å². The summed E-state index contributed by atoms with van der Waals surface area (Å²) >= 11 is 0. The highest BCUT2D eigenvalue weighted by molar-refractivity contribution is 7.92. The molecule has 1 aliphatic heterocycles. The zero-order valence-corrected chi connectivity index (χ0v) is 12.3. The number of primary amides is 1. The Morgan fingerprint density at radius 2 is 1.91 bits per heavy atom. The molecule has 0 saturated carbocycles. The lowest BCUT2D eigenvalue weighted by Crippen LogP contribution is -2.42. The van der Waals surface area contributed by atoms with Gasteiger partial charge in [-0.2, -0.15) is 13.2 Å². The SMILES string of the molecule is NC(=O)[C@H]1CCCN(c2ccccc2S(=O)(=O)C(F)(F)F)C1. The monoisotopic (exact) mass is 336 g/mol. The quantitative estimate of drug-likeness (QED) is 0.911. The van der Waals surface area contributed by atoms with Gasteiger partial charge >= 0.3 is 5.51 Å². The maximum absolute atomic E-state index is 12.8. The van der Waals surface area contributed by atoms with Gasteiger partial charge in [0.25, 0.3) is 9.84 Å². The number of halogens is 3. The Hall–Kier alpha value is -1.77.